The van der Waals surface area contributed by atoms with E-state index in [2.05, 4.69) is 26.2 Å². The van der Waals surface area contributed by atoms with Gasteiger partial charge in [-0.3, -0.25) is 4.98 Å². The van der Waals surface area contributed by atoms with Crippen molar-refractivity contribution in [2.45, 2.75) is 6.54 Å². The van der Waals surface area contributed by atoms with Crippen LogP contribution in [0.5, 0.6) is 0 Å². The highest BCUT2D eigenvalue weighted by Crippen LogP contribution is 2.16. The lowest BCUT2D eigenvalue weighted by atomic mass is 10.2. The number of hydrogen-bond acceptors (Lipinski definition) is 2. The Morgan fingerprint density at radius 1 is 1.19 bits per heavy atom. The summed E-state index contributed by atoms with van der Waals surface area (Å²) in [5.41, 5.74) is 1.95. The number of aromatic nitrogens is 1. The molecule has 0 aliphatic rings. The average molecular weight is 281 g/mol. The maximum Gasteiger partial charge on any atom is 0.123 e. The first-order valence-electron chi connectivity index (χ1n) is 4.83. The minimum atomic E-state index is -0.229. The third-order valence-electron chi connectivity index (χ3n) is 2.17. The van der Waals surface area contributed by atoms with Gasteiger partial charge in [0.1, 0.15) is 5.82 Å². The van der Waals surface area contributed by atoms with E-state index in [1.54, 1.807) is 24.5 Å². The summed E-state index contributed by atoms with van der Waals surface area (Å²) in [6, 6.07) is 8.17. The SMILES string of the molecule is Fc1ccc(NCc2cnccc2Br)cc1. The van der Waals surface area contributed by atoms with Crippen molar-refractivity contribution in [1.29, 1.82) is 0 Å². The second-order valence-corrected chi connectivity index (χ2v) is 4.18. The number of hydrogen-bond donors (Lipinski definition) is 1. The van der Waals surface area contributed by atoms with Gasteiger partial charge in [-0.25, -0.2) is 4.39 Å². The maximum atomic E-state index is 12.7. The first-order chi connectivity index (χ1) is 7.75. The molecule has 0 spiro atoms. The van der Waals surface area contributed by atoms with Gasteiger partial charge in [0.05, 0.1) is 0 Å². The van der Waals surface area contributed by atoms with Gasteiger partial charge in [0.15, 0.2) is 0 Å². The summed E-state index contributed by atoms with van der Waals surface area (Å²) in [7, 11) is 0. The number of nitrogens with one attached hydrogen (secondary N) is 1. The van der Waals surface area contributed by atoms with E-state index in [1.165, 1.54) is 12.1 Å². The fourth-order valence-corrected chi connectivity index (χ4v) is 1.67. The van der Waals surface area contributed by atoms with Crippen molar-refractivity contribution < 1.29 is 4.39 Å². The second kappa shape index (κ2) is 5.07. The Morgan fingerprint density at radius 2 is 1.94 bits per heavy atom. The number of halogens is 2. The van der Waals surface area contributed by atoms with Crippen LogP contribution in [0.15, 0.2) is 47.2 Å². The minimum absolute atomic E-state index is 0.229. The van der Waals surface area contributed by atoms with Crippen LogP contribution < -0.4 is 5.32 Å². The van der Waals surface area contributed by atoms with E-state index < -0.39 is 0 Å². The Labute approximate surface area is 102 Å². The predicted molar refractivity (Wildman–Crippen MR) is 65.7 cm³/mol. The lowest BCUT2D eigenvalue weighted by Gasteiger charge is -2.07. The van der Waals surface area contributed by atoms with Gasteiger partial charge in [0, 0.05) is 34.7 Å². The summed E-state index contributed by atoms with van der Waals surface area (Å²) in [5, 5.41) is 3.19. The fourth-order valence-electron chi connectivity index (χ4n) is 1.31. The van der Waals surface area contributed by atoms with E-state index in [4.69, 9.17) is 0 Å². The molecule has 0 atom stereocenters. The fraction of sp³-hybridized carbons (Fsp3) is 0.0833. The smallest absolute Gasteiger partial charge is 0.123 e. The van der Waals surface area contributed by atoms with E-state index in [0.29, 0.717) is 6.54 Å². The molecule has 1 N–H and O–H groups in total. The van der Waals surface area contributed by atoms with Crippen molar-refractivity contribution >= 4 is 21.6 Å². The van der Waals surface area contributed by atoms with Crippen LogP contribution in [-0.2, 0) is 6.54 Å². The van der Waals surface area contributed by atoms with Crippen LogP contribution in [0, 0.1) is 5.82 Å². The molecular formula is C12H10BrFN2. The lowest BCUT2D eigenvalue weighted by molar-refractivity contribution is 0.628. The van der Waals surface area contributed by atoms with Gasteiger partial charge in [-0.05, 0) is 30.3 Å². The molecule has 0 saturated heterocycles. The predicted octanol–water partition coefficient (Wildman–Crippen LogP) is 3.60. The van der Waals surface area contributed by atoms with Crippen molar-refractivity contribution in [3.63, 3.8) is 0 Å². The molecular weight excluding hydrogens is 271 g/mol. The number of anilines is 1. The van der Waals surface area contributed by atoms with E-state index in [1.807, 2.05) is 6.07 Å². The molecule has 0 aliphatic heterocycles. The van der Waals surface area contributed by atoms with Gasteiger partial charge in [0.2, 0.25) is 0 Å². The van der Waals surface area contributed by atoms with Crippen LogP contribution in [0.1, 0.15) is 5.56 Å². The molecule has 2 nitrogen and oxygen atoms in total. The summed E-state index contributed by atoms with van der Waals surface area (Å²) >= 11 is 3.44. The van der Waals surface area contributed by atoms with Gasteiger partial charge in [-0.1, -0.05) is 15.9 Å². The quantitative estimate of drug-likeness (QED) is 0.929. The molecule has 82 valence electrons. The second-order valence-electron chi connectivity index (χ2n) is 3.33. The molecule has 1 heterocycles. The van der Waals surface area contributed by atoms with Crippen LogP contribution in [0.4, 0.5) is 10.1 Å². The van der Waals surface area contributed by atoms with Crippen LogP contribution in [-0.4, -0.2) is 4.98 Å². The molecule has 0 radical (unpaired) electrons. The van der Waals surface area contributed by atoms with Crippen LogP contribution in [0.2, 0.25) is 0 Å². The molecule has 0 amide bonds. The zero-order valence-corrected chi connectivity index (χ0v) is 10.0. The van der Waals surface area contributed by atoms with E-state index in [-0.39, 0.29) is 5.82 Å². The zero-order chi connectivity index (χ0) is 11.4. The van der Waals surface area contributed by atoms with Gasteiger partial charge in [0.25, 0.3) is 0 Å². The molecule has 2 aromatic rings. The summed E-state index contributed by atoms with van der Waals surface area (Å²) in [5.74, 6) is -0.229. The molecule has 1 aromatic heterocycles. The monoisotopic (exact) mass is 280 g/mol. The summed E-state index contributed by atoms with van der Waals surface area (Å²) in [6.07, 6.45) is 3.52. The van der Waals surface area contributed by atoms with Crippen LogP contribution >= 0.6 is 15.9 Å². The van der Waals surface area contributed by atoms with Crippen molar-refractivity contribution in [3.8, 4) is 0 Å². The zero-order valence-electron chi connectivity index (χ0n) is 8.45. The summed E-state index contributed by atoms with van der Waals surface area (Å²) < 4.78 is 13.7. The van der Waals surface area contributed by atoms with Crippen molar-refractivity contribution in [1.82, 2.24) is 4.98 Å². The van der Waals surface area contributed by atoms with Gasteiger partial charge in [-0.15, -0.1) is 0 Å². The maximum absolute atomic E-state index is 12.7. The Bertz CT molecular complexity index is 471. The third kappa shape index (κ3) is 2.79. The minimum Gasteiger partial charge on any atom is -0.381 e. The molecule has 1 aromatic carbocycles. The molecule has 0 saturated carbocycles. The molecule has 0 fully saturated rings. The highest BCUT2D eigenvalue weighted by molar-refractivity contribution is 9.10. The molecule has 0 aliphatic carbocycles. The number of benzene rings is 1. The Balaban J connectivity index is 2.02. The van der Waals surface area contributed by atoms with Crippen LogP contribution in [0.25, 0.3) is 0 Å². The third-order valence-corrected chi connectivity index (χ3v) is 2.94. The topological polar surface area (TPSA) is 24.9 Å². The molecule has 16 heavy (non-hydrogen) atoms. The van der Waals surface area contributed by atoms with E-state index >= 15 is 0 Å². The Kier molecular flexibility index (Phi) is 3.51. The molecule has 2 rings (SSSR count). The first-order valence-corrected chi connectivity index (χ1v) is 5.63. The Hall–Kier alpha value is -1.42. The average Bonchev–Trinajstić information content (AvgIpc) is 2.30. The van der Waals surface area contributed by atoms with E-state index in [9.17, 15) is 4.39 Å². The van der Waals surface area contributed by atoms with Crippen molar-refractivity contribution in [2.24, 2.45) is 0 Å². The normalized spacial score (nSPS) is 10.1. The van der Waals surface area contributed by atoms with Gasteiger partial charge < -0.3 is 5.32 Å². The van der Waals surface area contributed by atoms with Gasteiger partial charge in [-0.2, -0.15) is 0 Å². The van der Waals surface area contributed by atoms with Crippen molar-refractivity contribution in [3.05, 3.63) is 58.6 Å². The highest BCUT2D eigenvalue weighted by atomic mass is 79.9. The largest absolute Gasteiger partial charge is 0.381 e. The van der Waals surface area contributed by atoms with E-state index in [0.717, 1.165) is 15.7 Å². The Morgan fingerprint density at radius 3 is 2.62 bits per heavy atom. The number of nitrogens with zero attached hydrogens (tertiary/aromatic N) is 1. The highest BCUT2D eigenvalue weighted by Gasteiger charge is 1.99. The summed E-state index contributed by atoms with van der Waals surface area (Å²) in [4.78, 5) is 4.04. The molecule has 0 bridgehead atoms. The number of rotatable bonds is 3. The lowest BCUT2D eigenvalue weighted by Crippen LogP contribution is -2.00. The molecule has 4 heteroatoms. The molecule has 0 unspecified atom stereocenters. The van der Waals surface area contributed by atoms with Crippen molar-refractivity contribution in [2.75, 3.05) is 5.32 Å². The van der Waals surface area contributed by atoms with Crippen LogP contribution in [0.3, 0.4) is 0 Å². The first kappa shape index (κ1) is 11.1. The van der Waals surface area contributed by atoms with Gasteiger partial charge >= 0.3 is 0 Å². The summed E-state index contributed by atoms with van der Waals surface area (Å²) in [6.45, 7) is 0.653. The number of pyridine rings is 1. The standard InChI is InChI=1S/C12H10BrFN2/c13-12-5-6-15-7-9(12)8-16-11-3-1-10(14)2-4-11/h1-7,16H,8H2.